The number of carbonyl (C=O) groups excluding carboxylic acids is 1. The summed E-state index contributed by atoms with van der Waals surface area (Å²) in [5.41, 5.74) is 7.13. The molecular weight excluding hydrogens is 252 g/mol. The van der Waals surface area contributed by atoms with E-state index in [4.69, 9.17) is 5.73 Å². The van der Waals surface area contributed by atoms with Gasteiger partial charge in [-0.15, -0.1) is 0 Å². The van der Waals surface area contributed by atoms with Gasteiger partial charge < -0.3 is 11.1 Å². The molecule has 0 saturated carbocycles. The minimum atomic E-state index is -3.38. The highest BCUT2D eigenvalue weighted by Gasteiger charge is 2.25. The summed E-state index contributed by atoms with van der Waals surface area (Å²) in [7, 11) is -3.38. The summed E-state index contributed by atoms with van der Waals surface area (Å²) >= 11 is 0. The van der Waals surface area contributed by atoms with Crippen molar-refractivity contribution in [1.29, 1.82) is 0 Å². The van der Waals surface area contributed by atoms with Gasteiger partial charge in [-0.25, -0.2) is 8.42 Å². The predicted octanol–water partition coefficient (Wildman–Crippen LogP) is 0.879. The molecule has 0 aromatic heterocycles. The smallest absolute Gasteiger partial charge is 0.238 e. The van der Waals surface area contributed by atoms with Crippen LogP contribution in [0.15, 0.2) is 24.3 Å². The van der Waals surface area contributed by atoms with Gasteiger partial charge in [-0.3, -0.25) is 4.79 Å². The molecule has 0 saturated heterocycles. The van der Waals surface area contributed by atoms with Crippen LogP contribution in [0.3, 0.4) is 0 Å². The predicted molar refractivity (Wildman–Crippen MR) is 71.7 cm³/mol. The van der Waals surface area contributed by atoms with Crippen LogP contribution in [0.4, 0.5) is 5.69 Å². The summed E-state index contributed by atoms with van der Waals surface area (Å²) in [6.07, 6.45) is 1.04. The summed E-state index contributed by atoms with van der Waals surface area (Å²) in [6.45, 7) is 3.13. The Kier molecular flexibility index (Phi) is 4.34. The van der Waals surface area contributed by atoms with Crippen LogP contribution >= 0.6 is 0 Å². The lowest BCUT2D eigenvalue weighted by molar-refractivity contribution is -0.121. The highest BCUT2D eigenvalue weighted by atomic mass is 32.2. The number of amides is 1. The maximum absolute atomic E-state index is 11.8. The fraction of sp³-hybridized carbons (Fsp3) is 0.417. The van der Waals surface area contributed by atoms with Gasteiger partial charge in [0, 0.05) is 11.9 Å². The number of rotatable bonds is 4. The fourth-order valence-electron chi connectivity index (χ4n) is 1.51. The molecule has 1 aromatic carbocycles. The maximum atomic E-state index is 11.8. The van der Waals surface area contributed by atoms with E-state index in [2.05, 4.69) is 5.32 Å². The van der Waals surface area contributed by atoms with Crippen molar-refractivity contribution < 1.29 is 13.2 Å². The van der Waals surface area contributed by atoms with Crippen molar-refractivity contribution in [3.63, 3.8) is 0 Å². The third-order valence-corrected chi connectivity index (χ3v) is 4.33. The van der Waals surface area contributed by atoms with E-state index < -0.39 is 21.0 Å². The standard InChI is InChI=1S/C12H18N2O3S/c1-8(10-6-4-5-7-11(10)13)14-12(15)9(2)18(3,16)17/h4-9H,13H2,1-3H3,(H,14,15). The number of nitrogens with two attached hydrogens (primary N) is 1. The Morgan fingerprint density at radius 2 is 1.83 bits per heavy atom. The Labute approximate surface area is 107 Å². The first kappa shape index (κ1) is 14.5. The number of nitrogen functional groups attached to an aromatic ring is 1. The third-order valence-electron chi connectivity index (χ3n) is 2.83. The number of hydrogen-bond acceptors (Lipinski definition) is 4. The van der Waals surface area contributed by atoms with E-state index in [1.54, 1.807) is 25.1 Å². The topological polar surface area (TPSA) is 89.3 Å². The van der Waals surface area contributed by atoms with E-state index in [9.17, 15) is 13.2 Å². The fourth-order valence-corrected chi connectivity index (χ4v) is 1.97. The first-order valence-electron chi connectivity index (χ1n) is 5.57. The zero-order valence-corrected chi connectivity index (χ0v) is 11.5. The van der Waals surface area contributed by atoms with Crippen LogP contribution in [0, 0.1) is 0 Å². The van der Waals surface area contributed by atoms with Gasteiger partial charge in [0.15, 0.2) is 9.84 Å². The van der Waals surface area contributed by atoms with Crippen molar-refractivity contribution in [2.75, 3.05) is 12.0 Å². The molecule has 2 atom stereocenters. The van der Waals surface area contributed by atoms with Gasteiger partial charge in [0.25, 0.3) is 0 Å². The van der Waals surface area contributed by atoms with Crippen LogP contribution in [0.25, 0.3) is 0 Å². The number of hydrogen-bond donors (Lipinski definition) is 2. The van der Waals surface area contributed by atoms with Gasteiger partial charge in [-0.2, -0.15) is 0 Å². The lowest BCUT2D eigenvalue weighted by atomic mass is 10.1. The molecule has 1 rings (SSSR count). The molecule has 0 aliphatic carbocycles. The molecule has 100 valence electrons. The van der Waals surface area contributed by atoms with E-state index in [-0.39, 0.29) is 6.04 Å². The van der Waals surface area contributed by atoms with Crippen molar-refractivity contribution in [2.45, 2.75) is 25.1 Å². The summed E-state index contributed by atoms with van der Waals surface area (Å²) in [5, 5.41) is 1.58. The van der Waals surface area contributed by atoms with Crippen molar-refractivity contribution >= 4 is 21.4 Å². The van der Waals surface area contributed by atoms with Crippen LogP contribution in [-0.4, -0.2) is 25.8 Å². The molecule has 0 aliphatic heterocycles. The molecule has 3 N–H and O–H groups in total. The molecule has 0 spiro atoms. The second kappa shape index (κ2) is 5.39. The zero-order valence-electron chi connectivity index (χ0n) is 10.7. The van der Waals surface area contributed by atoms with Gasteiger partial charge in [-0.05, 0) is 25.5 Å². The molecule has 0 radical (unpaired) electrons. The van der Waals surface area contributed by atoms with Gasteiger partial charge in [0.2, 0.25) is 5.91 Å². The van der Waals surface area contributed by atoms with E-state index >= 15 is 0 Å². The number of nitrogens with one attached hydrogen (secondary N) is 1. The first-order chi connectivity index (χ1) is 8.23. The molecule has 1 amide bonds. The maximum Gasteiger partial charge on any atom is 0.238 e. The quantitative estimate of drug-likeness (QED) is 0.795. The van der Waals surface area contributed by atoms with Gasteiger partial charge in [0.05, 0.1) is 6.04 Å². The Morgan fingerprint density at radius 3 is 2.33 bits per heavy atom. The highest BCUT2D eigenvalue weighted by Crippen LogP contribution is 2.19. The number of sulfone groups is 1. The minimum absolute atomic E-state index is 0.331. The van der Waals surface area contributed by atoms with Crippen LogP contribution in [0.1, 0.15) is 25.5 Å². The Morgan fingerprint density at radius 1 is 1.28 bits per heavy atom. The summed E-state index contributed by atoms with van der Waals surface area (Å²) in [5.74, 6) is -0.520. The lowest BCUT2D eigenvalue weighted by Gasteiger charge is -2.18. The van der Waals surface area contributed by atoms with E-state index in [1.165, 1.54) is 6.92 Å². The molecule has 18 heavy (non-hydrogen) atoms. The molecule has 2 unspecified atom stereocenters. The van der Waals surface area contributed by atoms with Crippen LogP contribution < -0.4 is 11.1 Å². The summed E-state index contributed by atoms with van der Waals surface area (Å²) in [6, 6.07) is 6.81. The molecule has 0 fully saturated rings. The average Bonchev–Trinajstić information content (AvgIpc) is 2.27. The lowest BCUT2D eigenvalue weighted by Crippen LogP contribution is -2.38. The monoisotopic (exact) mass is 270 g/mol. The van der Waals surface area contributed by atoms with Crippen molar-refractivity contribution in [3.8, 4) is 0 Å². The minimum Gasteiger partial charge on any atom is -0.398 e. The molecule has 0 heterocycles. The molecule has 0 aliphatic rings. The van der Waals surface area contributed by atoms with E-state index in [0.29, 0.717) is 5.69 Å². The average molecular weight is 270 g/mol. The van der Waals surface area contributed by atoms with Crippen molar-refractivity contribution in [3.05, 3.63) is 29.8 Å². The van der Waals surface area contributed by atoms with Gasteiger partial charge in [0.1, 0.15) is 5.25 Å². The SMILES string of the molecule is CC(NC(=O)C(C)S(C)(=O)=O)c1ccccc1N. The molecular formula is C12H18N2O3S. The second-order valence-corrected chi connectivity index (χ2v) is 6.70. The van der Waals surface area contributed by atoms with Crippen molar-refractivity contribution in [2.24, 2.45) is 0 Å². The Bertz CT molecular complexity index is 540. The van der Waals surface area contributed by atoms with Gasteiger partial charge in [-0.1, -0.05) is 18.2 Å². The molecule has 0 bridgehead atoms. The van der Waals surface area contributed by atoms with Crippen molar-refractivity contribution in [1.82, 2.24) is 5.32 Å². The van der Waals surface area contributed by atoms with Gasteiger partial charge >= 0.3 is 0 Å². The van der Waals surface area contributed by atoms with E-state index in [1.807, 2.05) is 6.07 Å². The van der Waals surface area contributed by atoms with Crippen LogP contribution in [0.2, 0.25) is 0 Å². The number of para-hydroxylation sites is 1. The Balaban J connectivity index is 2.81. The number of anilines is 1. The second-order valence-electron chi connectivity index (χ2n) is 4.33. The van der Waals surface area contributed by atoms with Crippen LogP contribution in [0.5, 0.6) is 0 Å². The van der Waals surface area contributed by atoms with Crippen LogP contribution in [-0.2, 0) is 14.6 Å². The molecule has 1 aromatic rings. The first-order valence-corrected chi connectivity index (χ1v) is 7.52. The van der Waals surface area contributed by atoms with E-state index in [0.717, 1.165) is 11.8 Å². The number of benzene rings is 1. The molecule has 6 heteroatoms. The highest BCUT2D eigenvalue weighted by molar-refractivity contribution is 7.92. The normalized spacial score (nSPS) is 14.8. The molecule has 5 nitrogen and oxygen atoms in total. The third kappa shape index (κ3) is 3.46. The Hall–Kier alpha value is -1.56. The zero-order chi connectivity index (χ0) is 13.9. The number of carbonyl (C=O) groups is 1. The summed E-state index contributed by atoms with van der Waals surface area (Å²) in [4.78, 5) is 11.8. The largest absolute Gasteiger partial charge is 0.398 e. The summed E-state index contributed by atoms with van der Waals surface area (Å²) < 4.78 is 22.5.